The van der Waals surface area contributed by atoms with Gasteiger partial charge in [0.25, 0.3) is 0 Å². The molecule has 0 aliphatic heterocycles. The van der Waals surface area contributed by atoms with Crippen molar-refractivity contribution in [2.45, 2.75) is 6.92 Å². The zero-order valence-electron chi connectivity index (χ0n) is 6.13. The van der Waals surface area contributed by atoms with Crippen LogP contribution in [0.15, 0.2) is 22.8 Å². The molecule has 0 fully saturated rings. The molecule has 3 nitrogen and oxygen atoms in total. The highest BCUT2D eigenvalue weighted by Crippen LogP contribution is 1.98. The number of rotatable bonds is 1. The van der Waals surface area contributed by atoms with Crippen LogP contribution in [0.4, 0.5) is 0 Å². The van der Waals surface area contributed by atoms with Gasteiger partial charge in [0.1, 0.15) is 0 Å². The highest BCUT2D eigenvalue weighted by atomic mass is 16.3. The lowest BCUT2D eigenvalue weighted by Crippen LogP contribution is -1.85. The van der Waals surface area contributed by atoms with Crippen LogP contribution in [-0.2, 0) is 0 Å². The lowest BCUT2D eigenvalue weighted by atomic mass is 10.3. The number of hydrogen-bond donors (Lipinski definition) is 1. The molecule has 1 heterocycles. The molecule has 10 heavy (non-hydrogen) atoms. The van der Waals surface area contributed by atoms with E-state index in [0.717, 1.165) is 0 Å². The third-order valence-corrected chi connectivity index (χ3v) is 0.868. The van der Waals surface area contributed by atoms with Gasteiger partial charge >= 0.3 is 0 Å². The molecule has 0 bridgehead atoms. The lowest BCUT2D eigenvalue weighted by Gasteiger charge is -1.80. The minimum absolute atomic E-state index is 0.0324. The van der Waals surface area contributed by atoms with E-state index in [4.69, 9.17) is 4.42 Å². The number of furan rings is 1. The Labute approximate surface area is 59.8 Å². The van der Waals surface area contributed by atoms with Gasteiger partial charge in [0, 0.05) is 6.92 Å². The van der Waals surface area contributed by atoms with Gasteiger partial charge in [0.2, 0.25) is 0 Å². The van der Waals surface area contributed by atoms with Crippen LogP contribution in [0.1, 0.15) is 17.5 Å². The summed E-state index contributed by atoms with van der Waals surface area (Å²) in [6.07, 6.45) is 1.48. The molecule has 1 aromatic heterocycles. The Hall–Kier alpha value is -1.09. The van der Waals surface area contributed by atoms with Crippen molar-refractivity contribution in [2.24, 2.45) is 5.73 Å². The third-order valence-electron chi connectivity index (χ3n) is 0.868. The van der Waals surface area contributed by atoms with Crippen molar-refractivity contribution in [1.82, 2.24) is 0 Å². The van der Waals surface area contributed by atoms with Crippen LogP contribution in [0.25, 0.3) is 0 Å². The van der Waals surface area contributed by atoms with Crippen LogP contribution in [-0.4, -0.2) is 12.8 Å². The molecule has 0 amide bonds. The molecule has 56 valence electrons. The Balaban J connectivity index is 0.000000371. The summed E-state index contributed by atoms with van der Waals surface area (Å²) >= 11 is 0. The van der Waals surface area contributed by atoms with Crippen LogP contribution in [0, 0.1) is 0 Å². The first-order valence-corrected chi connectivity index (χ1v) is 2.93. The van der Waals surface area contributed by atoms with Crippen LogP contribution in [0.3, 0.4) is 0 Å². The molecule has 0 saturated carbocycles. The van der Waals surface area contributed by atoms with E-state index in [1.807, 2.05) is 0 Å². The summed E-state index contributed by atoms with van der Waals surface area (Å²) in [7, 11) is 1.50. The number of ketones is 1. The van der Waals surface area contributed by atoms with E-state index in [1.54, 1.807) is 12.1 Å². The van der Waals surface area contributed by atoms with Gasteiger partial charge in [-0.05, 0) is 19.2 Å². The van der Waals surface area contributed by atoms with Crippen LogP contribution in [0.2, 0.25) is 0 Å². The van der Waals surface area contributed by atoms with Crippen molar-refractivity contribution in [2.75, 3.05) is 7.05 Å². The second-order valence-corrected chi connectivity index (χ2v) is 1.53. The number of carbonyl (C=O) groups excluding carboxylic acids is 1. The monoisotopic (exact) mass is 141 g/mol. The fourth-order valence-electron chi connectivity index (χ4n) is 0.479. The normalized spacial score (nSPS) is 7.90. The van der Waals surface area contributed by atoms with E-state index in [2.05, 4.69) is 5.73 Å². The smallest absolute Gasteiger partial charge is 0.194 e. The van der Waals surface area contributed by atoms with Gasteiger partial charge in [-0.15, -0.1) is 0 Å². The highest BCUT2D eigenvalue weighted by molar-refractivity contribution is 5.91. The molecule has 2 N–H and O–H groups in total. The summed E-state index contributed by atoms with van der Waals surface area (Å²) < 4.78 is 4.75. The predicted octanol–water partition coefficient (Wildman–Crippen LogP) is 1.06. The summed E-state index contributed by atoms with van der Waals surface area (Å²) in [4.78, 5) is 10.4. The Bertz CT molecular complexity index is 179. The third kappa shape index (κ3) is 2.46. The largest absolute Gasteiger partial charge is 0.461 e. The summed E-state index contributed by atoms with van der Waals surface area (Å²) in [6, 6.07) is 3.33. The second kappa shape index (κ2) is 4.76. The summed E-state index contributed by atoms with van der Waals surface area (Å²) in [5.41, 5.74) is 4.50. The van der Waals surface area contributed by atoms with Gasteiger partial charge < -0.3 is 10.2 Å². The second-order valence-electron chi connectivity index (χ2n) is 1.53. The topological polar surface area (TPSA) is 56.2 Å². The van der Waals surface area contributed by atoms with Crippen LogP contribution >= 0.6 is 0 Å². The summed E-state index contributed by atoms with van der Waals surface area (Å²) in [5, 5.41) is 0. The number of carbonyl (C=O) groups is 1. The molecule has 0 aromatic carbocycles. The molecule has 0 saturated heterocycles. The first-order chi connectivity index (χ1) is 4.80. The minimum atomic E-state index is -0.0324. The van der Waals surface area contributed by atoms with Gasteiger partial charge in [-0.1, -0.05) is 0 Å². The predicted molar refractivity (Wildman–Crippen MR) is 38.8 cm³/mol. The molecule has 0 unspecified atom stereocenters. The van der Waals surface area contributed by atoms with E-state index >= 15 is 0 Å². The standard InChI is InChI=1S/C6H6O2.CH5N/c1-5(7)6-3-2-4-8-6;1-2/h2-4H,1H3;2H2,1H3. The first kappa shape index (κ1) is 8.91. The Morgan fingerprint density at radius 3 is 2.40 bits per heavy atom. The van der Waals surface area contributed by atoms with Crippen molar-refractivity contribution in [3.63, 3.8) is 0 Å². The fourth-order valence-corrected chi connectivity index (χ4v) is 0.479. The molecule has 1 rings (SSSR count). The molecule has 0 radical (unpaired) electrons. The number of Topliss-reactive ketones (excluding diaryl/α,β-unsaturated/α-hetero) is 1. The number of nitrogens with two attached hydrogens (primary N) is 1. The zero-order valence-corrected chi connectivity index (χ0v) is 6.13. The van der Waals surface area contributed by atoms with Gasteiger partial charge in [-0.25, -0.2) is 0 Å². The van der Waals surface area contributed by atoms with Gasteiger partial charge in [-0.3, -0.25) is 4.79 Å². The van der Waals surface area contributed by atoms with E-state index in [0.29, 0.717) is 5.76 Å². The molecule has 1 aromatic rings. The first-order valence-electron chi connectivity index (χ1n) is 2.93. The van der Waals surface area contributed by atoms with E-state index < -0.39 is 0 Å². The molecular formula is C7H11NO2. The molecule has 0 aliphatic carbocycles. The van der Waals surface area contributed by atoms with Gasteiger partial charge in [0.15, 0.2) is 11.5 Å². The van der Waals surface area contributed by atoms with Crippen LogP contribution < -0.4 is 5.73 Å². The molecule has 0 spiro atoms. The maximum absolute atomic E-state index is 10.4. The maximum atomic E-state index is 10.4. The van der Waals surface area contributed by atoms with Gasteiger partial charge in [0.05, 0.1) is 6.26 Å². The van der Waals surface area contributed by atoms with E-state index in [-0.39, 0.29) is 5.78 Å². The van der Waals surface area contributed by atoms with Crippen molar-refractivity contribution in [3.05, 3.63) is 24.2 Å². The fraction of sp³-hybridized carbons (Fsp3) is 0.286. The van der Waals surface area contributed by atoms with Crippen molar-refractivity contribution in [3.8, 4) is 0 Å². The maximum Gasteiger partial charge on any atom is 0.194 e. The van der Waals surface area contributed by atoms with Crippen molar-refractivity contribution in [1.29, 1.82) is 0 Å². The molecule has 3 heteroatoms. The Morgan fingerprint density at radius 1 is 1.60 bits per heavy atom. The van der Waals surface area contributed by atoms with Gasteiger partial charge in [-0.2, -0.15) is 0 Å². The Morgan fingerprint density at radius 2 is 2.20 bits per heavy atom. The Kier molecular flexibility index (Phi) is 4.24. The quantitative estimate of drug-likeness (QED) is 0.595. The minimum Gasteiger partial charge on any atom is -0.461 e. The van der Waals surface area contributed by atoms with E-state index in [1.165, 1.54) is 20.2 Å². The average Bonchev–Trinajstić information content (AvgIpc) is 2.42. The molecular weight excluding hydrogens is 130 g/mol. The van der Waals surface area contributed by atoms with Crippen molar-refractivity contribution < 1.29 is 9.21 Å². The van der Waals surface area contributed by atoms with E-state index in [9.17, 15) is 4.79 Å². The van der Waals surface area contributed by atoms with Crippen LogP contribution in [0.5, 0.6) is 0 Å². The summed E-state index contributed by atoms with van der Waals surface area (Å²) in [5.74, 6) is 0.389. The zero-order chi connectivity index (χ0) is 7.98. The SMILES string of the molecule is CC(=O)c1ccco1.CN. The molecule has 0 atom stereocenters. The molecule has 0 aliphatic rings. The van der Waals surface area contributed by atoms with Crippen molar-refractivity contribution >= 4 is 5.78 Å². The average molecular weight is 141 g/mol. The highest BCUT2D eigenvalue weighted by Gasteiger charge is 1.97. The number of hydrogen-bond acceptors (Lipinski definition) is 3. The lowest BCUT2D eigenvalue weighted by molar-refractivity contribution is 0.0987. The summed E-state index contributed by atoms with van der Waals surface area (Å²) in [6.45, 7) is 1.47.